The fourth-order valence-electron chi connectivity index (χ4n) is 2.81. The Balaban J connectivity index is 1.94. The van der Waals surface area contributed by atoms with Crippen LogP contribution in [0.5, 0.6) is 0 Å². The Labute approximate surface area is 138 Å². The second kappa shape index (κ2) is 5.81. The van der Waals surface area contributed by atoms with Crippen LogP contribution < -0.4 is 0 Å². The molecule has 3 rings (SSSR count). The zero-order valence-corrected chi connectivity index (χ0v) is 13.4. The molecule has 24 heavy (non-hydrogen) atoms. The minimum Gasteiger partial charge on any atom is -0.322 e. The molecule has 1 fully saturated rings. The van der Waals surface area contributed by atoms with Crippen molar-refractivity contribution in [3.63, 3.8) is 0 Å². The maximum absolute atomic E-state index is 12.4. The molecule has 2 aromatic heterocycles. The number of nitrogens with zero attached hydrogens (tertiary/aromatic N) is 4. The lowest BCUT2D eigenvalue weighted by atomic mass is 10.1. The molecule has 0 aliphatic carbocycles. The smallest absolute Gasteiger partial charge is 0.322 e. The highest BCUT2D eigenvalue weighted by Gasteiger charge is 2.44. The van der Waals surface area contributed by atoms with E-state index in [0.29, 0.717) is 16.6 Å². The maximum atomic E-state index is 12.4. The van der Waals surface area contributed by atoms with E-state index in [4.69, 9.17) is 0 Å². The summed E-state index contributed by atoms with van der Waals surface area (Å²) in [5.41, 5.74) is 1.62. The van der Waals surface area contributed by atoms with Gasteiger partial charge in [-0.2, -0.15) is 5.26 Å². The molecule has 7 nitrogen and oxygen atoms in total. The van der Waals surface area contributed by atoms with Gasteiger partial charge in [-0.15, -0.1) is 0 Å². The molecule has 1 saturated heterocycles. The van der Waals surface area contributed by atoms with Gasteiger partial charge in [0.25, 0.3) is 0 Å². The van der Waals surface area contributed by atoms with Crippen LogP contribution in [-0.2, 0) is 16.1 Å². The van der Waals surface area contributed by atoms with Crippen LogP contribution in [-0.4, -0.2) is 38.6 Å². The van der Waals surface area contributed by atoms with Gasteiger partial charge in [0.15, 0.2) is 0 Å². The van der Waals surface area contributed by atoms with Crippen molar-refractivity contribution in [1.29, 1.82) is 5.26 Å². The van der Waals surface area contributed by atoms with Crippen molar-refractivity contribution in [3.05, 3.63) is 41.7 Å². The van der Waals surface area contributed by atoms with Crippen LogP contribution >= 0.6 is 0 Å². The van der Waals surface area contributed by atoms with E-state index in [1.54, 1.807) is 28.9 Å². The first kappa shape index (κ1) is 15.7. The molecule has 7 heteroatoms. The van der Waals surface area contributed by atoms with E-state index in [1.165, 1.54) is 0 Å². The van der Waals surface area contributed by atoms with Gasteiger partial charge in [-0.25, -0.2) is 4.79 Å². The molecule has 0 saturated carbocycles. The fraction of sp³-hybridized carbons (Fsp3) is 0.294. The molecular weight excluding hydrogens is 308 g/mol. The van der Waals surface area contributed by atoms with E-state index in [2.05, 4.69) is 6.07 Å². The molecule has 0 bridgehead atoms. The average Bonchev–Trinajstić information content (AvgIpc) is 3.00. The predicted octanol–water partition coefficient (Wildman–Crippen LogP) is 1.76. The van der Waals surface area contributed by atoms with Crippen LogP contribution in [0.2, 0.25) is 0 Å². The van der Waals surface area contributed by atoms with E-state index in [0.717, 1.165) is 9.80 Å². The second-order valence-corrected chi connectivity index (χ2v) is 6.12. The third-order valence-corrected chi connectivity index (χ3v) is 3.89. The molecule has 0 radical (unpaired) electrons. The van der Waals surface area contributed by atoms with Crippen LogP contribution in [0.4, 0.5) is 4.79 Å². The molecule has 0 N–H and O–H groups in total. The Kier molecular flexibility index (Phi) is 3.81. The third kappa shape index (κ3) is 2.42. The number of carbonyl (C=O) groups excluding carboxylic acids is 3. The topological polar surface area (TPSA) is 85.9 Å². The standard InChI is InChI=1S/C17H16N4O3/c1-11(2)8-20-15(22)16(23)21(17(20)24)10-12-9-19-6-4-3-5-14(19)13(12)7-18/h3-6,9,11H,8,10H2,1-2H3. The summed E-state index contributed by atoms with van der Waals surface area (Å²) < 4.78 is 1.76. The van der Waals surface area contributed by atoms with Crippen molar-refractivity contribution in [1.82, 2.24) is 14.2 Å². The first-order valence-corrected chi connectivity index (χ1v) is 7.60. The van der Waals surface area contributed by atoms with Gasteiger partial charge >= 0.3 is 17.8 Å². The highest BCUT2D eigenvalue weighted by molar-refractivity contribution is 6.44. The number of pyridine rings is 1. The molecule has 0 aromatic carbocycles. The lowest BCUT2D eigenvalue weighted by Crippen LogP contribution is -2.35. The Morgan fingerprint density at radius 2 is 1.83 bits per heavy atom. The van der Waals surface area contributed by atoms with Gasteiger partial charge in [0.05, 0.1) is 17.6 Å². The molecule has 3 heterocycles. The van der Waals surface area contributed by atoms with E-state index < -0.39 is 17.8 Å². The van der Waals surface area contributed by atoms with Crippen molar-refractivity contribution in [2.75, 3.05) is 6.54 Å². The zero-order chi connectivity index (χ0) is 17.4. The van der Waals surface area contributed by atoms with Gasteiger partial charge in [0.1, 0.15) is 6.07 Å². The number of amides is 4. The van der Waals surface area contributed by atoms with Crippen LogP contribution in [0.3, 0.4) is 0 Å². The molecule has 0 spiro atoms. The summed E-state index contributed by atoms with van der Waals surface area (Å²) in [5.74, 6) is -1.59. The minimum absolute atomic E-state index is 0.0670. The van der Waals surface area contributed by atoms with Gasteiger partial charge in [-0.3, -0.25) is 19.4 Å². The summed E-state index contributed by atoms with van der Waals surface area (Å²) in [4.78, 5) is 38.4. The zero-order valence-electron chi connectivity index (χ0n) is 13.4. The van der Waals surface area contributed by atoms with Crippen molar-refractivity contribution >= 4 is 23.4 Å². The van der Waals surface area contributed by atoms with E-state index in [9.17, 15) is 19.6 Å². The molecule has 122 valence electrons. The largest absolute Gasteiger partial charge is 0.334 e. The van der Waals surface area contributed by atoms with Crippen LogP contribution in [0.15, 0.2) is 30.6 Å². The molecule has 1 aliphatic heterocycles. The van der Waals surface area contributed by atoms with Crippen LogP contribution in [0.1, 0.15) is 25.0 Å². The highest BCUT2D eigenvalue weighted by atomic mass is 16.2. The quantitative estimate of drug-likeness (QED) is 0.633. The summed E-state index contributed by atoms with van der Waals surface area (Å²) in [6, 6.07) is 6.89. The van der Waals surface area contributed by atoms with E-state index >= 15 is 0 Å². The normalized spacial score (nSPS) is 15.0. The van der Waals surface area contributed by atoms with Crippen molar-refractivity contribution in [2.45, 2.75) is 20.4 Å². The number of fused-ring (bicyclic) bond motifs is 1. The average molecular weight is 324 g/mol. The fourth-order valence-corrected chi connectivity index (χ4v) is 2.81. The summed E-state index contributed by atoms with van der Waals surface area (Å²) in [6.07, 6.45) is 3.48. The van der Waals surface area contributed by atoms with Crippen molar-refractivity contribution < 1.29 is 14.4 Å². The lowest BCUT2D eigenvalue weighted by Gasteiger charge is -2.16. The third-order valence-electron chi connectivity index (χ3n) is 3.89. The molecule has 0 atom stereocenters. The number of hydrogen-bond donors (Lipinski definition) is 0. The molecule has 0 unspecified atom stereocenters. The van der Waals surface area contributed by atoms with Crippen LogP contribution in [0, 0.1) is 17.2 Å². The van der Waals surface area contributed by atoms with E-state index in [-0.39, 0.29) is 19.0 Å². The van der Waals surface area contributed by atoms with Crippen LogP contribution in [0.25, 0.3) is 5.52 Å². The minimum atomic E-state index is -0.847. The first-order chi connectivity index (χ1) is 11.4. The molecule has 2 aromatic rings. The molecule has 1 aliphatic rings. The SMILES string of the molecule is CC(C)CN1C(=O)C(=O)N(Cc2cn3ccccc3c2C#N)C1=O. The summed E-state index contributed by atoms with van der Waals surface area (Å²) in [5, 5.41) is 9.40. The Hall–Kier alpha value is -3.14. The highest BCUT2D eigenvalue weighted by Crippen LogP contribution is 2.23. The number of rotatable bonds is 4. The number of carbonyl (C=O) groups is 3. The number of hydrogen-bond acceptors (Lipinski definition) is 4. The van der Waals surface area contributed by atoms with Gasteiger partial charge in [0, 0.05) is 24.5 Å². The van der Waals surface area contributed by atoms with Crippen molar-refractivity contribution in [3.8, 4) is 6.07 Å². The predicted molar refractivity (Wildman–Crippen MR) is 84.6 cm³/mol. The number of nitriles is 1. The first-order valence-electron chi connectivity index (χ1n) is 7.60. The summed E-state index contributed by atoms with van der Waals surface area (Å²) in [6.45, 7) is 3.83. The van der Waals surface area contributed by atoms with Gasteiger partial charge in [0.2, 0.25) is 0 Å². The summed E-state index contributed by atoms with van der Waals surface area (Å²) >= 11 is 0. The summed E-state index contributed by atoms with van der Waals surface area (Å²) in [7, 11) is 0. The number of imide groups is 2. The second-order valence-electron chi connectivity index (χ2n) is 6.12. The Morgan fingerprint density at radius 1 is 1.12 bits per heavy atom. The van der Waals surface area contributed by atoms with E-state index in [1.807, 2.05) is 19.9 Å². The number of aromatic nitrogens is 1. The Morgan fingerprint density at radius 3 is 2.50 bits per heavy atom. The van der Waals surface area contributed by atoms with Gasteiger partial charge < -0.3 is 4.40 Å². The molecular formula is C17H16N4O3. The lowest BCUT2D eigenvalue weighted by molar-refractivity contribution is -0.143. The monoisotopic (exact) mass is 324 g/mol. The van der Waals surface area contributed by atoms with Gasteiger partial charge in [-0.1, -0.05) is 19.9 Å². The molecule has 4 amide bonds. The Bertz CT molecular complexity index is 891. The maximum Gasteiger partial charge on any atom is 0.334 e. The van der Waals surface area contributed by atoms with Crippen molar-refractivity contribution in [2.24, 2.45) is 5.92 Å². The number of urea groups is 1. The van der Waals surface area contributed by atoms with Gasteiger partial charge in [-0.05, 0) is 18.1 Å².